The van der Waals surface area contributed by atoms with Crippen molar-refractivity contribution in [3.63, 3.8) is 0 Å². The highest BCUT2D eigenvalue weighted by Crippen LogP contribution is 2.25. The molecule has 1 N–H and O–H groups in total. The largest absolute Gasteiger partial charge is 0.322 e. The van der Waals surface area contributed by atoms with Gasteiger partial charge in [-0.1, -0.05) is 29.8 Å². The molecule has 134 valence electrons. The van der Waals surface area contributed by atoms with Crippen molar-refractivity contribution < 1.29 is 9.72 Å². The van der Waals surface area contributed by atoms with Gasteiger partial charge in [-0.05, 0) is 48.5 Å². The van der Waals surface area contributed by atoms with Crippen molar-refractivity contribution in [2.45, 2.75) is 0 Å². The van der Waals surface area contributed by atoms with Crippen LogP contribution in [0.5, 0.6) is 0 Å². The normalized spacial score (nSPS) is 10.7. The van der Waals surface area contributed by atoms with Gasteiger partial charge in [-0.3, -0.25) is 14.9 Å². The van der Waals surface area contributed by atoms with Crippen LogP contribution in [0.1, 0.15) is 10.4 Å². The SMILES string of the molecule is O=C(Nc1ccc(N=Nc2ccccc2)cc1)c1ccc(Cl)cc1[N+](=O)[O-]. The van der Waals surface area contributed by atoms with Crippen LogP contribution in [0.2, 0.25) is 5.02 Å². The lowest BCUT2D eigenvalue weighted by atomic mass is 10.1. The highest BCUT2D eigenvalue weighted by Gasteiger charge is 2.20. The van der Waals surface area contributed by atoms with Crippen molar-refractivity contribution in [1.82, 2.24) is 0 Å². The lowest BCUT2D eigenvalue weighted by Gasteiger charge is -2.06. The molecule has 0 spiro atoms. The van der Waals surface area contributed by atoms with E-state index in [9.17, 15) is 14.9 Å². The van der Waals surface area contributed by atoms with Crippen LogP contribution in [0.15, 0.2) is 83.0 Å². The number of carbonyl (C=O) groups excluding carboxylic acids is 1. The maximum absolute atomic E-state index is 12.3. The van der Waals surface area contributed by atoms with Crippen molar-refractivity contribution in [3.8, 4) is 0 Å². The number of hydrogen-bond donors (Lipinski definition) is 1. The molecule has 0 saturated carbocycles. The quantitative estimate of drug-likeness (QED) is 0.338. The number of nitro benzene ring substituents is 1. The van der Waals surface area contributed by atoms with Gasteiger partial charge in [-0.15, -0.1) is 0 Å². The monoisotopic (exact) mass is 380 g/mol. The minimum Gasteiger partial charge on any atom is -0.322 e. The Labute approximate surface area is 159 Å². The van der Waals surface area contributed by atoms with Crippen LogP contribution in [0.3, 0.4) is 0 Å². The topological polar surface area (TPSA) is 97.0 Å². The van der Waals surface area contributed by atoms with E-state index in [0.717, 1.165) is 11.8 Å². The summed E-state index contributed by atoms with van der Waals surface area (Å²) in [5.74, 6) is -0.600. The summed E-state index contributed by atoms with van der Waals surface area (Å²) >= 11 is 5.76. The summed E-state index contributed by atoms with van der Waals surface area (Å²) in [6.07, 6.45) is 0. The van der Waals surface area contributed by atoms with E-state index in [1.807, 2.05) is 30.3 Å². The Morgan fingerprint density at radius 1 is 0.926 bits per heavy atom. The fourth-order valence-electron chi connectivity index (χ4n) is 2.27. The third-order valence-electron chi connectivity index (χ3n) is 3.56. The molecule has 3 rings (SSSR count). The Balaban J connectivity index is 1.72. The highest BCUT2D eigenvalue weighted by molar-refractivity contribution is 6.31. The van der Waals surface area contributed by atoms with Crippen molar-refractivity contribution >= 4 is 40.3 Å². The molecule has 0 atom stereocenters. The number of azo groups is 1. The Morgan fingerprint density at radius 3 is 2.19 bits per heavy atom. The molecule has 7 nitrogen and oxygen atoms in total. The first kappa shape index (κ1) is 18.2. The maximum atomic E-state index is 12.3. The second-order valence-corrected chi connectivity index (χ2v) is 5.89. The summed E-state index contributed by atoms with van der Waals surface area (Å²) in [6.45, 7) is 0. The number of hydrogen-bond acceptors (Lipinski definition) is 5. The Bertz CT molecular complexity index is 1010. The van der Waals surface area contributed by atoms with Crippen molar-refractivity contribution in [3.05, 3.63) is 93.5 Å². The summed E-state index contributed by atoms with van der Waals surface area (Å²) in [5, 5.41) is 22.1. The average Bonchev–Trinajstić information content (AvgIpc) is 2.68. The molecule has 0 aliphatic carbocycles. The average molecular weight is 381 g/mol. The molecule has 0 radical (unpaired) electrons. The number of benzene rings is 3. The molecule has 0 bridgehead atoms. The van der Waals surface area contributed by atoms with E-state index in [4.69, 9.17) is 11.6 Å². The molecule has 0 fully saturated rings. The predicted octanol–water partition coefficient (Wildman–Crippen LogP) is 5.92. The highest BCUT2D eigenvalue weighted by atomic mass is 35.5. The molecule has 1 amide bonds. The van der Waals surface area contributed by atoms with E-state index in [-0.39, 0.29) is 16.3 Å². The zero-order chi connectivity index (χ0) is 19.2. The first-order valence-electron chi connectivity index (χ1n) is 7.85. The summed E-state index contributed by atoms with van der Waals surface area (Å²) in [7, 11) is 0. The maximum Gasteiger partial charge on any atom is 0.283 e. The van der Waals surface area contributed by atoms with E-state index in [1.54, 1.807) is 24.3 Å². The molecule has 0 aromatic heterocycles. The van der Waals surface area contributed by atoms with Gasteiger partial charge in [0.05, 0.1) is 16.3 Å². The van der Waals surface area contributed by atoms with Gasteiger partial charge in [0.1, 0.15) is 5.56 Å². The number of nitro groups is 1. The lowest BCUT2D eigenvalue weighted by Crippen LogP contribution is -2.13. The summed E-state index contributed by atoms with van der Waals surface area (Å²) in [6, 6.07) is 19.8. The molecule has 27 heavy (non-hydrogen) atoms. The van der Waals surface area contributed by atoms with E-state index in [1.165, 1.54) is 12.1 Å². The zero-order valence-electron chi connectivity index (χ0n) is 13.9. The second-order valence-electron chi connectivity index (χ2n) is 5.46. The molecule has 8 heteroatoms. The third-order valence-corrected chi connectivity index (χ3v) is 3.80. The number of anilines is 1. The first-order chi connectivity index (χ1) is 13.0. The number of nitrogens with one attached hydrogen (secondary N) is 1. The molecule has 0 aliphatic heterocycles. The van der Waals surface area contributed by atoms with Gasteiger partial charge in [0.15, 0.2) is 0 Å². The van der Waals surface area contributed by atoms with Crippen LogP contribution >= 0.6 is 11.6 Å². The van der Waals surface area contributed by atoms with Crippen molar-refractivity contribution in [2.24, 2.45) is 10.2 Å². The third kappa shape index (κ3) is 4.74. The Kier molecular flexibility index (Phi) is 5.53. The standard InChI is InChI=1S/C19H13ClN4O3/c20-13-6-11-17(18(12-13)24(26)27)19(25)21-14-7-9-16(10-8-14)23-22-15-4-2-1-3-5-15/h1-12H,(H,21,25). The van der Waals surface area contributed by atoms with Gasteiger partial charge in [-0.2, -0.15) is 10.2 Å². The first-order valence-corrected chi connectivity index (χ1v) is 8.23. The molecule has 0 unspecified atom stereocenters. The van der Waals surface area contributed by atoms with Crippen LogP contribution in [-0.2, 0) is 0 Å². The minimum atomic E-state index is -0.645. The molecule has 0 aliphatic rings. The van der Waals surface area contributed by atoms with Crippen LogP contribution in [0.25, 0.3) is 0 Å². The zero-order valence-corrected chi connectivity index (χ0v) is 14.6. The van der Waals surface area contributed by atoms with Crippen LogP contribution in [0.4, 0.5) is 22.7 Å². The van der Waals surface area contributed by atoms with Crippen molar-refractivity contribution in [1.29, 1.82) is 0 Å². The Morgan fingerprint density at radius 2 is 1.56 bits per heavy atom. The molecule has 0 saturated heterocycles. The fraction of sp³-hybridized carbons (Fsp3) is 0. The van der Waals surface area contributed by atoms with Gasteiger partial charge in [-0.25, -0.2) is 0 Å². The number of rotatable bonds is 5. The van der Waals surface area contributed by atoms with Gasteiger partial charge >= 0.3 is 0 Å². The molecule has 3 aromatic carbocycles. The number of carbonyl (C=O) groups is 1. The fourth-order valence-corrected chi connectivity index (χ4v) is 2.43. The number of amides is 1. The number of nitrogens with zero attached hydrogens (tertiary/aromatic N) is 3. The van der Waals surface area contributed by atoms with Crippen molar-refractivity contribution in [2.75, 3.05) is 5.32 Å². The van der Waals surface area contributed by atoms with E-state index in [2.05, 4.69) is 15.5 Å². The van der Waals surface area contributed by atoms with Crippen LogP contribution < -0.4 is 5.32 Å². The van der Waals surface area contributed by atoms with Crippen LogP contribution in [0, 0.1) is 10.1 Å². The van der Waals surface area contributed by atoms with Gasteiger partial charge in [0.25, 0.3) is 11.6 Å². The minimum absolute atomic E-state index is 0.0720. The predicted molar refractivity (Wildman–Crippen MR) is 103 cm³/mol. The second kappa shape index (κ2) is 8.20. The van der Waals surface area contributed by atoms with Gasteiger partial charge in [0.2, 0.25) is 0 Å². The Hall–Kier alpha value is -3.58. The lowest BCUT2D eigenvalue weighted by molar-refractivity contribution is -0.385. The smallest absolute Gasteiger partial charge is 0.283 e. The molecule has 3 aromatic rings. The van der Waals surface area contributed by atoms with E-state index < -0.39 is 10.8 Å². The molecular formula is C19H13ClN4O3. The summed E-state index contributed by atoms with van der Waals surface area (Å²) in [5.41, 5.74) is 1.38. The number of halogens is 1. The molecule has 0 heterocycles. The van der Waals surface area contributed by atoms with E-state index in [0.29, 0.717) is 11.4 Å². The summed E-state index contributed by atoms with van der Waals surface area (Å²) in [4.78, 5) is 22.8. The van der Waals surface area contributed by atoms with Gasteiger partial charge < -0.3 is 5.32 Å². The van der Waals surface area contributed by atoms with E-state index >= 15 is 0 Å². The molecular weight excluding hydrogens is 368 g/mol. The van der Waals surface area contributed by atoms with Gasteiger partial charge in [0, 0.05) is 16.8 Å². The van der Waals surface area contributed by atoms with Crippen LogP contribution in [-0.4, -0.2) is 10.8 Å². The summed E-state index contributed by atoms with van der Waals surface area (Å²) < 4.78 is 0.